The Morgan fingerprint density at radius 2 is 2.23 bits per heavy atom. The zero-order valence-corrected chi connectivity index (χ0v) is 8.59. The maximum atomic E-state index is 11.0. The Morgan fingerprint density at radius 3 is 2.69 bits per heavy atom. The van der Waals surface area contributed by atoms with E-state index in [1.54, 1.807) is 0 Å². The third-order valence-electron chi connectivity index (χ3n) is 3.08. The van der Waals surface area contributed by atoms with Crippen LogP contribution in [-0.2, 0) is 4.79 Å². The zero-order valence-electron chi connectivity index (χ0n) is 7.77. The minimum Gasteiger partial charge on any atom is -0.480 e. The van der Waals surface area contributed by atoms with Crippen LogP contribution in [0.5, 0.6) is 0 Å². The molecule has 0 saturated carbocycles. The highest BCUT2D eigenvalue weighted by Crippen LogP contribution is 2.32. The highest BCUT2D eigenvalue weighted by atomic mass is 32.2. The minimum atomic E-state index is -0.637. The van der Waals surface area contributed by atoms with Crippen molar-refractivity contribution < 1.29 is 9.90 Å². The second kappa shape index (κ2) is 3.50. The number of carboxylic acids is 1. The van der Waals surface area contributed by atoms with Gasteiger partial charge in [-0.25, -0.2) is 0 Å². The molecule has 0 aromatic carbocycles. The molecule has 3 nitrogen and oxygen atoms in total. The maximum absolute atomic E-state index is 11.0. The van der Waals surface area contributed by atoms with Gasteiger partial charge in [0.1, 0.15) is 6.04 Å². The Bertz CT molecular complexity index is 218. The predicted molar refractivity (Wildman–Crippen MR) is 53.0 cm³/mol. The van der Waals surface area contributed by atoms with Gasteiger partial charge >= 0.3 is 5.97 Å². The van der Waals surface area contributed by atoms with Crippen LogP contribution < -0.4 is 0 Å². The Balaban J connectivity index is 2.05. The number of hydrogen-bond acceptors (Lipinski definition) is 3. The van der Waals surface area contributed by atoms with Gasteiger partial charge in [0, 0.05) is 17.5 Å². The number of thioether (sulfide) groups is 1. The number of aliphatic carboxylic acids is 1. The summed E-state index contributed by atoms with van der Waals surface area (Å²) in [6, 6.07) is 0.321. The lowest BCUT2D eigenvalue weighted by atomic mass is 10.0. The molecule has 0 bridgehead atoms. The standard InChI is InChI=1S/C9H15NO2S/c1-6-2-3-10(7-4-13-5-7)8(6)9(11)12/h6-8H,2-5H2,1H3,(H,11,12). The Labute approximate surface area is 82.5 Å². The molecule has 0 aromatic rings. The predicted octanol–water partition coefficient (Wildman–Crippen LogP) is 0.897. The van der Waals surface area contributed by atoms with E-state index in [0.717, 1.165) is 24.5 Å². The van der Waals surface area contributed by atoms with E-state index in [4.69, 9.17) is 5.11 Å². The van der Waals surface area contributed by atoms with Gasteiger partial charge in [0.2, 0.25) is 0 Å². The first kappa shape index (κ1) is 9.34. The molecule has 13 heavy (non-hydrogen) atoms. The van der Waals surface area contributed by atoms with Crippen LogP contribution in [0.1, 0.15) is 13.3 Å². The fraction of sp³-hybridized carbons (Fsp3) is 0.889. The van der Waals surface area contributed by atoms with Crippen LogP contribution in [0.25, 0.3) is 0 Å². The van der Waals surface area contributed by atoms with E-state index in [9.17, 15) is 4.79 Å². The topological polar surface area (TPSA) is 40.5 Å². The van der Waals surface area contributed by atoms with Gasteiger partial charge in [0.15, 0.2) is 0 Å². The fourth-order valence-electron chi connectivity index (χ4n) is 2.19. The third-order valence-corrected chi connectivity index (χ3v) is 4.32. The Kier molecular flexibility index (Phi) is 2.51. The maximum Gasteiger partial charge on any atom is 0.321 e. The van der Waals surface area contributed by atoms with Crippen molar-refractivity contribution in [1.82, 2.24) is 4.90 Å². The van der Waals surface area contributed by atoms with Gasteiger partial charge in [-0.2, -0.15) is 11.8 Å². The van der Waals surface area contributed by atoms with E-state index in [1.807, 2.05) is 18.7 Å². The normalized spacial score (nSPS) is 36.1. The second-order valence-electron chi connectivity index (χ2n) is 3.98. The van der Waals surface area contributed by atoms with Crippen LogP contribution in [0.3, 0.4) is 0 Å². The summed E-state index contributed by atoms with van der Waals surface area (Å²) in [4.78, 5) is 13.2. The van der Waals surface area contributed by atoms with Crippen molar-refractivity contribution in [1.29, 1.82) is 0 Å². The molecule has 1 N–H and O–H groups in total. The van der Waals surface area contributed by atoms with Crippen LogP contribution in [0, 0.1) is 5.92 Å². The van der Waals surface area contributed by atoms with E-state index in [2.05, 4.69) is 4.90 Å². The first-order chi connectivity index (χ1) is 6.20. The summed E-state index contributed by atoms with van der Waals surface area (Å²) in [5.74, 6) is 1.93. The number of hydrogen-bond donors (Lipinski definition) is 1. The highest BCUT2D eigenvalue weighted by Gasteiger charge is 2.42. The molecule has 0 spiro atoms. The number of nitrogens with zero attached hydrogens (tertiary/aromatic N) is 1. The largest absolute Gasteiger partial charge is 0.480 e. The van der Waals surface area contributed by atoms with E-state index in [-0.39, 0.29) is 6.04 Å². The van der Waals surface area contributed by atoms with Crippen molar-refractivity contribution in [2.45, 2.75) is 25.4 Å². The van der Waals surface area contributed by atoms with E-state index in [1.165, 1.54) is 0 Å². The molecule has 2 aliphatic rings. The SMILES string of the molecule is CC1CCN(C2CSC2)C1C(=O)O. The van der Waals surface area contributed by atoms with Crippen molar-refractivity contribution in [3.8, 4) is 0 Å². The number of carbonyl (C=O) groups is 1. The first-order valence-electron chi connectivity index (χ1n) is 4.76. The number of likely N-dealkylation sites (tertiary alicyclic amines) is 1. The fourth-order valence-corrected chi connectivity index (χ4v) is 3.02. The summed E-state index contributed by atoms with van der Waals surface area (Å²) < 4.78 is 0. The van der Waals surface area contributed by atoms with Gasteiger partial charge in [0.25, 0.3) is 0 Å². The van der Waals surface area contributed by atoms with Crippen molar-refractivity contribution >= 4 is 17.7 Å². The molecule has 0 aromatic heterocycles. The summed E-state index contributed by atoms with van der Waals surface area (Å²) in [6.07, 6.45) is 1.04. The second-order valence-corrected chi connectivity index (χ2v) is 5.05. The molecule has 0 amide bonds. The lowest BCUT2D eigenvalue weighted by Crippen LogP contribution is -2.50. The Hall–Kier alpha value is -0.220. The minimum absolute atomic E-state index is 0.217. The number of carboxylic acid groups (broad SMARTS) is 1. The molecule has 2 rings (SSSR count). The molecule has 2 aliphatic heterocycles. The lowest BCUT2D eigenvalue weighted by Gasteiger charge is -2.37. The summed E-state index contributed by atoms with van der Waals surface area (Å²) in [6.45, 7) is 3.02. The van der Waals surface area contributed by atoms with Crippen LogP contribution in [-0.4, -0.2) is 46.1 Å². The third kappa shape index (κ3) is 1.57. The quantitative estimate of drug-likeness (QED) is 0.720. The van der Waals surface area contributed by atoms with Crippen molar-refractivity contribution in [3.63, 3.8) is 0 Å². The smallest absolute Gasteiger partial charge is 0.321 e. The van der Waals surface area contributed by atoms with Crippen molar-refractivity contribution in [2.75, 3.05) is 18.1 Å². The van der Waals surface area contributed by atoms with Gasteiger partial charge in [-0.05, 0) is 18.9 Å². The molecule has 4 heteroatoms. The molecule has 0 aliphatic carbocycles. The summed E-state index contributed by atoms with van der Waals surface area (Å²) >= 11 is 1.91. The first-order valence-corrected chi connectivity index (χ1v) is 5.92. The van der Waals surface area contributed by atoms with Gasteiger partial charge < -0.3 is 5.11 Å². The lowest BCUT2D eigenvalue weighted by molar-refractivity contribution is -0.143. The van der Waals surface area contributed by atoms with Gasteiger partial charge in [-0.3, -0.25) is 9.69 Å². The molecular weight excluding hydrogens is 186 g/mol. The average molecular weight is 201 g/mol. The van der Waals surface area contributed by atoms with Crippen LogP contribution >= 0.6 is 11.8 Å². The van der Waals surface area contributed by atoms with Gasteiger partial charge in [-0.1, -0.05) is 6.92 Å². The summed E-state index contributed by atoms with van der Waals surface area (Å²) in [5.41, 5.74) is 0. The van der Waals surface area contributed by atoms with E-state index in [0.29, 0.717) is 12.0 Å². The van der Waals surface area contributed by atoms with Crippen LogP contribution in [0.4, 0.5) is 0 Å². The molecule has 2 atom stereocenters. The van der Waals surface area contributed by atoms with E-state index >= 15 is 0 Å². The van der Waals surface area contributed by atoms with Crippen LogP contribution in [0.2, 0.25) is 0 Å². The highest BCUT2D eigenvalue weighted by molar-refractivity contribution is 8.00. The molecule has 2 unspecified atom stereocenters. The molecule has 2 saturated heterocycles. The molecule has 74 valence electrons. The number of rotatable bonds is 2. The molecule has 2 heterocycles. The van der Waals surface area contributed by atoms with Gasteiger partial charge in [-0.15, -0.1) is 0 Å². The van der Waals surface area contributed by atoms with E-state index < -0.39 is 5.97 Å². The van der Waals surface area contributed by atoms with Crippen molar-refractivity contribution in [3.05, 3.63) is 0 Å². The average Bonchev–Trinajstić information content (AvgIpc) is 2.28. The Morgan fingerprint density at radius 1 is 1.54 bits per heavy atom. The molecule has 2 fully saturated rings. The monoisotopic (exact) mass is 201 g/mol. The summed E-state index contributed by atoms with van der Waals surface area (Å²) in [5, 5.41) is 9.07. The van der Waals surface area contributed by atoms with Crippen molar-refractivity contribution in [2.24, 2.45) is 5.92 Å². The molecular formula is C9H15NO2S. The zero-order chi connectivity index (χ0) is 9.42. The summed E-state index contributed by atoms with van der Waals surface area (Å²) in [7, 11) is 0. The van der Waals surface area contributed by atoms with Crippen LogP contribution in [0.15, 0.2) is 0 Å². The van der Waals surface area contributed by atoms with Gasteiger partial charge in [0.05, 0.1) is 0 Å². The molecule has 0 radical (unpaired) electrons.